The van der Waals surface area contributed by atoms with Gasteiger partial charge in [-0.1, -0.05) is 17.7 Å². The first-order valence-corrected chi connectivity index (χ1v) is 6.52. The number of aryl methyl sites for hydroxylation is 1. The van der Waals surface area contributed by atoms with Gasteiger partial charge in [0.05, 0.1) is 6.20 Å². The molecule has 1 aromatic heterocycles. The molecule has 102 valence electrons. The molecule has 0 spiro atoms. The Balaban J connectivity index is 2.05. The number of nitrogens with zero attached hydrogens (tertiary/aromatic N) is 2. The van der Waals surface area contributed by atoms with E-state index in [0.29, 0.717) is 11.6 Å². The summed E-state index contributed by atoms with van der Waals surface area (Å²) >= 11 is 6.05. The summed E-state index contributed by atoms with van der Waals surface area (Å²) in [5.41, 5.74) is 3.17. The van der Waals surface area contributed by atoms with Crippen molar-refractivity contribution in [3.8, 4) is 0 Å². The molecule has 0 saturated carbocycles. The second-order valence-corrected chi connectivity index (χ2v) is 5.05. The van der Waals surface area contributed by atoms with Gasteiger partial charge in [-0.05, 0) is 31.5 Å². The molecule has 0 aliphatic rings. The first kappa shape index (κ1) is 14.0. The molecule has 0 amide bonds. The van der Waals surface area contributed by atoms with Crippen molar-refractivity contribution in [1.29, 1.82) is 0 Å². The zero-order chi connectivity index (χ0) is 14.0. The van der Waals surface area contributed by atoms with Crippen LogP contribution >= 0.6 is 11.6 Å². The molecular formula is C14H17ClFN3. The van der Waals surface area contributed by atoms with Crippen molar-refractivity contribution in [1.82, 2.24) is 15.1 Å². The molecule has 0 aliphatic carbocycles. The molecule has 2 aromatic rings. The van der Waals surface area contributed by atoms with E-state index in [2.05, 4.69) is 10.4 Å². The summed E-state index contributed by atoms with van der Waals surface area (Å²) in [5, 5.41) is 8.01. The van der Waals surface area contributed by atoms with Crippen LogP contribution < -0.4 is 5.32 Å². The van der Waals surface area contributed by atoms with Crippen molar-refractivity contribution < 1.29 is 4.39 Å². The summed E-state index contributed by atoms with van der Waals surface area (Å²) in [6, 6.07) is 4.53. The number of hydrogen-bond acceptors (Lipinski definition) is 2. The second-order valence-electron chi connectivity index (χ2n) is 4.65. The fourth-order valence-electron chi connectivity index (χ4n) is 1.94. The van der Waals surface area contributed by atoms with Gasteiger partial charge in [0, 0.05) is 35.9 Å². The standard InChI is InChI=1S/C14H17ClFN3/c1-9(13-5-4-12(16)6-14(13)15)17-7-11-8-18-19(3)10(11)2/h4-6,8-9,17H,7H2,1-3H3. The van der Waals surface area contributed by atoms with Crippen molar-refractivity contribution in [3.05, 3.63) is 52.1 Å². The SMILES string of the molecule is Cc1c(CNC(C)c2ccc(F)cc2Cl)cnn1C. The van der Waals surface area contributed by atoms with Crippen LogP contribution in [0.15, 0.2) is 24.4 Å². The van der Waals surface area contributed by atoms with Crippen LogP contribution in [0.4, 0.5) is 4.39 Å². The fraction of sp³-hybridized carbons (Fsp3) is 0.357. The summed E-state index contributed by atoms with van der Waals surface area (Å²) in [5.74, 6) is -0.316. The average molecular weight is 282 g/mol. The lowest BCUT2D eigenvalue weighted by atomic mass is 10.1. The number of benzene rings is 1. The van der Waals surface area contributed by atoms with Gasteiger partial charge in [0.25, 0.3) is 0 Å². The predicted molar refractivity (Wildman–Crippen MR) is 74.6 cm³/mol. The summed E-state index contributed by atoms with van der Waals surface area (Å²) in [7, 11) is 1.92. The third-order valence-electron chi connectivity index (χ3n) is 3.36. The largest absolute Gasteiger partial charge is 0.306 e. The topological polar surface area (TPSA) is 29.9 Å². The fourth-order valence-corrected chi connectivity index (χ4v) is 2.27. The molecule has 0 fully saturated rings. The van der Waals surface area contributed by atoms with E-state index in [4.69, 9.17) is 11.6 Å². The molecule has 5 heteroatoms. The smallest absolute Gasteiger partial charge is 0.124 e. The highest BCUT2D eigenvalue weighted by atomic mass is 35.5. The summed E-state index contributed by atoms with van der Waals surface area (Å²) in [6.07, 6.45) is 1.85. The Hall–Kier alpha value is -1.39. The van der Waals surface area contributed by atoms with E-state index in [0.717, 1.165) is 16.8 Å². The minimum absolute atomic E-state index is 0.0488. The van der Waals surface area contributed by atoms with Crippen LogP contribution in [0.3, 0.4) is 0 Å². The number of rotatable bonds is 4. The second kappa shape index (κ2) is 5.72. The van der Waals surface area contributed by atoms with E-state index in [1.165, 1.54) is 12.1 Å². The summed E-state index contributed by atoms with van der Waals surface area (Å²) < 4.78 is 14.8. The van der Waals surface area contributed by atoms with Crippen LogP contribution in [-0.4, -0.2) is 9.78 Å². The van der Waals surface area contributed by atoms with Crippen LogP contribution in [-0.2, 0) is 13.6 Å². The highest BCUT2D eigenvalue weighted by Crippen LogP contribution is 2.24. The monoisotopic (exact) mass is 281 g/mol. The third-order valence-corrected chi connectivity index (χ3v) is 3.69. The maximum atomic E-state index is 13.0. The van der Waals surface area contributed by atoms with Gasteiger partial charge in [0.1, 0.15) is 5.82 Å². The molecule has 1 N–H and O–H groups in total. The van der Waals surface area contributed by atoms with Crippen molar-refractivity contribution >= 4 is 11.6 Å². The Bertz CT molecular complexity index is 580. The summed E-state index contributed by atoms with van der Waals surface area (Å²) in [4.78, 5) is 0. The molecule has 0 bridgehead atoms. The number of nitrogens with one attached hydrogen (secondary N) is 1. The lowest BCUT2D eigenvalue weighted by Gasteiger charge is -2.15. The minimum Gasteiger partial charge on any atom is -0.306 e. The Morgan fingerprint density at radius 1 is 1.47 bits per heavy atom. The molecule has 1 aromatic carbocycles. The first-order valence-electron chi connectivity index (χ1n) is 6.15. The van der Waals surface area contributed by atoms with E-state index in [9.17, 15) is 4.39 Å². The van der Waals surface area contributed by atoms with Gasteiger partial charge >= 0.3 is 0 Å². The van der Waals surface area contributed by atoms with Gasteiger partial charge in [0.15, 0.2) is 0 Å². The van der Waals surface area contributed by atoms with Crippen LogP contribution in [0.25, 0.3) is 0 Å². The number of hydrogen-bond donors (Lipinski definition) is 1. The maximum Gasteiger partial charge on any atom is 0.124 e. The van der Waals surface area contributed by atoms with Gasteiger partial charge in [0.2, 0.25) is 0 Å². The molecule has 2 rings (SSSR count). The van der Waals surface area contributed by atoms with Crippen LogP contribution in [0.5, 0.6) is 0 Å². The molecule has 1 atom stereocenters. The number of halogens is 2. The lowest BCUT2D eigenvalue weighted by Crippen LogP contribution is -2.18. The van der Waals surface area contributed by atoms with Crippen molar-refractivity contribution in [2.75, 3.05) is 0 Å². The Kier molecular flexibility index (Phi) is 4.22. The Labute approximate surface area is 117 Å². The summed E-state index contributed by atoms with van der Waals surface area (Å²) in [6.45, 7) is 4.74. The molecule has 0 aliphatic heterocycles. The van der Waals surface area contributed by atoms with Gasteiger partial charge in [-0.25, -0.2) is 4.39 Å². The maximum absolute atomic E-state index is 13.0. The van der Waals surface area contributed by atoms with Gasteiger partial charge in [-0.2, -0.15) is 5.10 Å². The molecular weight excluding hydrogens is 265 g/mol. The Morgan fingerprint density at radius 2 is 2.21 bits per heavy atom. The van der Waals surface area contributed by atoms with E-state index in [1.807, 2.05) is 31.8 Å². The van der Waals surface area contributed by atoms with E-state index < -0.39 is 0 Å². The normalized spacial score (nSPS) is 12.7. The van der Waals surface area contributed by atoms with Crippen molar-refractivity contribution in [2.24, 2.45) is 7.05 Å². The third kappa shape index (κ3) is 3.14. The Morgan fingerprint density at radius 3 is 2.79 bits per heavy atom. The van der Waals surface area contributed by atoms with Gasteiger partial charge < -0.3 is 5.32 Å². The van der Waals surface area contributed by atoms with Crippen LogP contribution in [0.2, 0.25) is 5.02 Å². The van der Waals surface area contributed by atoms with Crippen LogP contribution in [0, 0.1) is 12.7 Å². The highest BCUT2D eigenvalue weighted by molar-refractivity contribution is 6.31. The van der Waals surface area contributed by atoms with Crippen molar-refractivity contribution in [3.63, 3.8) is 0 Å². The lowest BCUT2D eigenvalue weighted by molar-refractivity contribution is 0.569. The van der Waals surface area contributed by atoms with Crippen LogP contribution in [0.1, 0.15) is 29.8 Å². The van der Waals surface area contributed by atoms with Crippen molar-refractivity contribution in [2.45, 2.75) is 26.4 Å². The predicted octanol–water partition coefficient (Wildman–Crippen LogP) is 3.37. The zero-order valence-corrected chi connectivity index (χ0v) is 12.0. The average Bonchev–Trinajstić information content (AvgIpc) is 2.67. The van der Waals surface area contributed by atoms with Gasteiger partial charge in [-0.15, -0.1) is 0 Å². The minimum atomic E-state index is -0.316. The van der Waals surface area contributed by atoms with E-state index in [-0.39, 0.29) is 11.9 Å². The van der Waals surface area contributed by atoms with Gasteiger partial charge in [-0.3, -0.25) is 4.68 Å². The molecule has 1 heterocycles. The quantitative estimate of drug-likeness (QED) is 0.931. The van der Waals surface area contributed by atoms with E-state index >= 15 is 0 Å². The molecule has 3 nitrogen and oxygen atoms in total. The van der Waals surface area contributed by atoms with E-state index in [1.54, 1.807) is 6.07 Å². The number of aromatic nitrogens is 2. The molecule has 1 unspecified atom stereocenters. The molecule has 19 heavy (non-hydrogen) atoms. The molecule has 0 saturated heterocycles. The first-order chi connectivity index (χ1) is 8.99. The zero-order valence-electron chi connectivity index (χ0n) is 11.2. The highest BCUT2D eigenvalue weighted by Gasteiger charge is 2.11. The molecule has 0 radical (unpaired) electrons.